The maximum Gasteiger partial charge on any atom is 0.385 e. The summed E-state index contributed by atoms with van der Waals surface area (Å²) in [5.74, 6) is -4.80. The highest BCUT2D eigenvalue weighted by atomic mass is 19.3. The minimum absolute atomic E-state index is 0.392. The Hall–Kier alpha value is -1.98. The van der Waals surface area contributed by atoms with Crippen molar-refractivity contribution in [2.45, 2.75) is 24.7 Å². The van der Waals surface area contributed by atoms with E-state index >= 15 is 0 Å². The zero-order chi connectivity index (χ0) is 13.6. The molecule has 2 aromatic heterocycles. The first-order valence-corrected chi connectivity index (χ1v) is 5.97. The van der Waals surface area contributed by atoms with Gasteiger partial charge in [-0.2, -0.15) is 8.78 Å². The first-order valence-electron chi connectivity index (χ1n) is 5.97. The van der Waals surface area contributed by atoms with Gasteiger partial charge in [0, 0.05) is 12.4 Å². The fraction of sp³-hybridized carbons (Fsp3) is 0.385. The minimum Gasteiger partial charge on any atom is -0.464 e. The van der Waals surface area contributed by atoms with Crippen LogP contribution in [-0.2, 0) is 15.5 Å². The number of halogens is 2. The Balaban J connectivity index is 2.03. The Bertz CT molecular complexity index is 647. The third-order valence-corrected chi connectivity index (χ3v) is 3.29. The number of esters is 1. The third-order valence-electron chi connectivity index (χ3n) is 3.29. The van der Waals surface area contributed by atoms with Crippen LogP contribution in [-0.4, -0.2) is 22.5 Å². The molecule has 1 saturated carbocycles. The molecule has 0 bridgehead atoms. The normalized spacial score (nSPS) is 15.7. The van der Waals surface area contributed by atoms with Crippen LogP contribution in [0.15, 0.2) is 24.5 Å². The second kappa shape index (κ2) is 4.01. The highest BCUT2D eigenvalue weighted by Gasteiger charge is 2.45. The van der Waals surface area contributed by atoms with Gasteiger partial charge in [0.25, 0.3) is 0 Å². The maximum absolute atomic E-state index is 13.7. The average molecular weight is 266 g/mol. The van der Waals surface area contributed by atoms with Gasteiger partial charge >= 0.3 is 11.9 Å². The van der Waals surface area contributed by atoms with Crippen LogP contribution >= 0.6 is 0 Å². The molecule has 6 heteroatoms. The van der Waals surface area contributed by atoms with Crippen LogP contribution in [0.4, 0.5) is 8.78 Å². The minimum atomic E-state index is -3.72. The van der Waals surface area contributed by atoms with Crippen molar-refractivity contribution in [3.63, 3.8) is 0 Å². The lowest BCUT2D eigenvalue weighted by molar-refractivity contribution is -0.170. The lowest BCUT2D eigenvalue weighted by atomic mass is 10.2. The molecule has 0 aliphatic heterocycles. The standard InChI is InChI=1S/C13H12F2N2O2/c1-19-12(18)13(14,15)10-7-17-6-9(8-2-3-8)4-5-11(17)16-10/h4-8H,2-3H2,1H3. The summed E-state index contributed by atoms with van der Waals surface area (Å²) < 4.78 is 33.0. The molecule has 0 saturated heterocycles. The summed E-state index contributed by atoms with van der Waals surface area (Å²) in [6, 6.07) is 3.57. The topological polar surface area (TPSA) is 43.6 Å². The zero-order valence-electron chi connectivity index (χ0n) is 10.3. The van der Waals surface area contributed by atoms with Crippen LogP contribution < -0.4 is 0 Å². The van der Waals surface area contributed by atoms with E-state index in [-0.39, 0.29) is 0 Å². The molecule has 1 fully saturated rings. The van der Waals surface area contributed by atoms with Crippen molar-refractivity contribution in [1.29, 1.82) is 0 Å². The van der Waals surface area contributed by atoms with E-state index in [9.17, 15) is 13.6 Å². The van der Waals surface area contributed by atoms with E-state index in [1.807, 2.05) is 6.07 Å². The summed E-state index contributed by atoms with van der Waals surface area (Å²) in [4.78, 5) is 14.9. The molecule has 3 rings (SSSR count). The molecule has 4 nitrogen and oxygen atoms in total. The SMILES string of the molecule is COC(=O)C(F)(F)c1cn2cc(C3CC3)ccc2n1. The van der Waals surface area contributed by atoms with Gasteiger partial charge in [-0.25, -0.2) is 9.78 Å². The van der Waals surface area contributed by atoms with Gasteiger partial charge in [0.15, 0.2) is 0 Å². The van der Waals surface area contributed by atoms with E-state index in [1.165, 1.54) is 10.6 Å². The van der Waals surface area contributed by atoms with E-state index < -0.39 is 17.6 Å². The van der Waals surface area contributed by atoms with Crippen LogP contribution in [0.2, 0.25) is 0 Å². The van der Waals surface area contributed by atoms with Crippen LogP contribution in [0.5, 0.6) is 0 Å². The molecule has 19 heavy (non-hydrogen) atoms. The number of methoxy groups -OCH3 is 1. The fourth-order valence-electron chi connectivity index (χ4n) is 2.05. The molecule has 0 N–H and O–H groups in total. The van der Waals surface area contributed by atoms with Crippen LogP contribution in [0.25, 0.3) is 5.65 Å². The number of imidazole rings is 1. The van der Waals surface area contributed by atoms with Crippen molar-refractivity contribution in [2.75, 3.05) is 7.11 Å². The molecule has 0 unspecified atom stereocenters. The Kier molecular flexibility index (Phi) is 2.55. The number of carbonyl (C=O) groups excluding carboxylic acids is 1. The molecular formula is C13H12F2N2O2. The summed E-state index contributed by atoms with van der Waals surface area (Å²) >= 11 is 0. The summed E-state index contributed by atoms with van der Waals surface area (Å²) in [6.45, 7) is 0. The third kappa shape index (κ3) is 1.97. The lowest BCUT2D eigenvalue weighted by Crippen LogP contribution is -2.27. The first-order chi connectivity index (χ1) is 9.02. The van der Waals surface area contributed by atoms with Crippen molar-refractivity contribution in [1.82, 2.24) is 9.38 Å². The predicted molar refractivity (Wildman–Crippen MR) is 63.1 cm³/mol. The molecule has 0 amide bonds. The number of fused-ring (bicyclic) bond motifs is 1. The molecule has 2 heterocycles. The molecule has 0 radical (unpaired) electrons. The predicted octanol–water partition coefficient (Wildman–Crippen LogP) is 2.48. The van der Waals surface area contributed by atoms with Crippen molar-refractivity contribution >= 4 is 11.6 Å². The molecule has 1 aliphatic carbocycles. The number of hydrogen-bond donors (Lipinski definition) is 0. The van der Waals surface area contributed by atoms with E-state index in [0.717, 1.165) is 25.5 Å². The summed E-state index contributed by atoms with van der Waals surface area (Å²) in [6.07, 6.45) is 5.23. The molecule has 100 valence electrons. The number of aromatic nitrogens is 2. The summed E-state index contributed by atoms with van der Waals surface area (Å²) in [5.41, 5.74) is 0.910. The van der Waals surface area contributed by atoms with Crippen molar-refractivity contribution < 1.29 is 18.3 Å². The van der Waals surface area contributed by atoms with E-state index in [0.29, 0.717) is 11.6 Å². The number of carbonyl (C=O) groups is 1. The van der Waals surface area contributed by atoms with Gasteiger partial charge in [0.2, 0.25) is 0 Å². The monoisotopic (exact) mass is 266 g/mol. The molecule has 1 aliphatic rings. The Morgan fingerprint density at radius 2 is 2.16 bits per heavy atom. The van der Waals surface area contributed by atoms with Crippen molar-refractivity contribution in [2.24, 2.45) is 0 Å². The first kappa shape index (κ1) is 12.1. The highest BCUT2D eigenvalue weighted by molar-refractivity contribution is 5.78. The number of alkyl halides is 2. The number of pyridine rings is 1. The quantitative estimate of drug-likeness (QED) is 0.802. The van der Waals surface area contributed by atoms with Gasteiger partial charge < -0.3 is 9.14 Å². The van der Waals surface area contributed by atoms with Gasteiger partial charge in [-0.05, 0) is 30.4 Å². The molecular weight excluding hydrogens is 254 g/mol. The molecule has 2 aromatic rings. The maximum atomic E-state index is 13.7. The zero-order valence-corrected chi connectivity index (χ0v) is 10.3. The Morgan fingerprint density at radius 3 is 2.79 bits per heavy atom. The summed E-state index contributed by atoms with van der Waals surface area (Å²) in [5, 5.41) is 0. The highest BCUT2D eigenvalue weighted by Crippen LogP contribution is 2.40. The second-order valence-electron chi connectivity index (χ2n) is 4.69. The lowest BCUT2D eigenvalue weighted by Gasteiger charge is -2.09. The number of rotatable bonds is 3. The summed E-state index contributed by atoms with van der Waals surface area (Å²) in [7, 11) is 0.928. The van der Waals surface area contributed by atoms with Gasteiger partial charge in [0.05, 0.1) is 7.11 Å². The van der Waals surface area contributed by atoms with Gasteiger partial charge in [0.1, 0.15) is 11.3 Å². The smallest absolute Gasteiger partial charge is 0.385 e. The Morgan fingerprint density at radius 1 is 1.42 bits per heavy atom. The Labute approximate surface area is 108 Å². The molecule has 0 aromatic carbocycles. The van der Waals surface area contributed by atoms with Gasteiger partial charge in [-0.15, -0.1) is 0 Å². The van der Waals surface area contributed by atoms with Crippen molar-refractivity contribution in [3.8, 4) is 0 Å². The van der Waals surface area contributed by atoms with Gasteiger partial charge in [-0.1, -0.05) is 6.07 Å². The van der Waals surface area contributed by atoms with Crippen LogP contribution in [0.3, 0.4) is 0 Å². The van der Waals surface area contributed by atoms with Gasteiger partial charge in [-0.3, -0.25) is 0 Å². The fourth-order valence-corrected chi connectivity index (χ4v) is 2.05. The number of hydrogen-bond acceptors (Lipinski definition) is 3. The van der Waals surface area contributed by atoms with E-state index in [2.05, 4.69) is 9.72 Å². The van der Waals surface area contributed by atoms with Crippen molar-refractivity contribution in [3.05, 3.63) is 35.8 Å². The van der Waals surface area contributed by atoms with Crippen LogP contribution in [0, 0.1) is 0 Å². The second-order valence-corrected chi connectivity index (χ2v) is 4.69. The number of nitrogens with zero attached hydrogens (tertiary/aromatic N) is 2. The molecule has 0 atom stereocenters. The average Bonchev–Trinajstić information content (AvgIpc) is 3.15. The van der Waals surface area contributed by atoms with E-state index in [4.69, 9.17) is 0 Å². The van der Waals surface area contributed by atoms with E-state index in [1.54, 1.807) is 12.3 Å². The number of ether oxygens (including phenoxy) is 1. The molecule has 0 spiro atoms. The largest absolute Gasteiger partial charge is 0.464 e. The van der Waals surface area contributed by atoms with Crippen LogP contribution in [0.1, 0.15) is 30.0 Å².